The second-order valence-corrected chi connectivity index (χ2v) is 11.4. The Morgan fingerprint density at radius 3 is 2.60 bits per heavy atom. The van der Waals surface area contributed by atoms with E-state index in [4.69, 9.17) is 14.2 Å². The van der Waals surface area contributed by atoms with Gasteiger partial charge in [-0.15, -0.1) is 0 Å². The van der Waals surface area contributed by atoms with Crippen molar-refractivity contribution in [3.8, 4) is 28.8 Å². The molecular formula is C33H36N6O4. The van der Waals surface area contributed by atoms with Crippen LogP contribution in [0.5, 0.6) is 17.5 Å². The Balaban J connectivity index is 1.02. The van der Waals surface area contributed by atoms with Crippen LogP contribution in [0.3, 0.4) is 0 Å². The number of hydrogen-bond acceptors (Lipinski definition) is 9. The van der Waals surface area contributed by atoms with E-state index in [0.29, 0.717) is 25.3 Å². The first-order valence-corrected chi connectivity index (χ1v) is 15.0. The smallest absolute Gasteiger partial charge is 0.316 e. The van der Waals surface area contributed by atoms with Gasteiger partial charge < -0.3 is 29.4 Å². The number of fused-ring (bicyclic) bond motifs is 2. The van der Waals surface area contributed by atoms with Gasteiger partial charge >= 0.3 is 6.01 Å². The summed E-state index contributed by atoms with van der Waals surface area (Å²) in [6, 6.07) is 17.1. The maximum Gasteiger partial charge on any atom is 0.316 e. The Kier molecular flexibility index (Phi) is 7.69. The molecule has 0 bridgehead atoms. The Bertz CT molecular complexity index is 1640. The molecule has 4 aromatic rings. The van der Waals surface area contributed by atoms with Crippen LogP contribution in [0, 0.1) is 0 Å². The van der Waals surface area contributed by atoms with Crippen molar-refractivity contribution in [3.05, 3.63) is 88.0 Å². The van der Waals surface area contributed by atoms with E-state index in [1.807, 2.05) is 30.6 Å². The highest BCUT2D eigenvalue weighted by molar-refractivity contribution is 5.74. The Morgan fingerprint density at radius 2 is 1.81 bits per heavy atom. The fourth-order valence-corrected chi connectivity index (χ4v) is 6.22. The molecule has 43 heavy (non-hydrogen) atoms. The van der Waals surface area contributed by atoms with Crippen molar-refractivity contribution >= 4 is 11.4 Å². The van der Waals surface area contributed by atoms with Gasteiger partial charge in [0.1, 0.15) is 11.5 Å². The van der Waals surface area contributed by atoms with Gasteiger partial charge in [0, 0.05) is 91.7 Å². The predicted molar refractivity (Wildman–Crippen MR) is 165 cm³/mol. The van der Waals surface area contributed by atoms with Gasteiger partial charge in [-0.25, -0.2) is 9.97 Å². The van der Waals surface area contributed by atoms with Crippen LogP contribution in [0.1, 0.15) is 29.5 Å². The number of rotatable bonds is 7. The summed E-state index contributed by atoms with van der Waals surface area (Å²) in [5, 5.41) is 3.76. The monoisotopic (exact) mass is 580 g/mol. The number of benzene rings is 2. The summed E-state index contributed by atoms with van der Waals surface area (Å²) < 4.78 is 17.1. The number of hydrogen-bond donors (Lipinski definition) is 2. The molecule has 3 aliphatic heterocycles. The number of pyridine rings is 1. The summed E-state index contributed by atoms with van der Waals surface area (Å²) in [5.74, 6) is 1.66. The van der Waals surface area contributed by atoms with E-state index in [1.54, 1.807) is 13.2 Å². The average Bonchev–Trinajstić information content (AvgIpc) is 3.05. The minimum Gasteiger partial charge on any atom is -0.467 e. The first-order chi connectivity index (χ1) is 21.1. The maximum atomic E-state index is 12.6. The van der Waals surface area contributed by atoms with Crippen LogP contribution in [0.25, 0.3) is 11.3 Å². The van der Waals surface area contributed by atoms with Crippen LogP contribution < -0.4 is 25.2 Å². The van der Waals surface area contributed by atoms with Crippen LogP contribution in [-0.2, 0) is 17.7 Å². The molecule has 0 radical (unpaired) electrons. The van der Waals surface area contributed by atoms with Crippen LogP contribution in [0.2, 0.25) is 0 Å². The molecule has 2 N–H and O–H groups in total. The first-order valence-electron chi connectivity index (χ1n) is 15.0. The first kappa shape index (κ1) is 27.4. The molecule has 3 aliphatic rings. The predicted octanol–water partition coefficient (Wildman–Crippen LogP) is 4.45. The Hall–Kier alpha value is -4.41. The highest BCUT2D eigenvalue weighted by Gasteiger charge is 2.24. The van der Waals surface area contributed by atoms with Crippen molar-refractivity contribution in [1.29, 1.82) is 0 Å². The normalized spacial score (nSPS) is 17.1. The summed E-state index contributed by atoms with van der Waals surface area (Å²) in [6.07, 6.45) is 6.59. The lowest BCUT2D eigenvalue weighted by molar-refractivity contribution is 0.122. The molecule has 0 atom stereocenters. The third-order valence-electron chi connectivity index (χ3n) is 8.47. The number of para-hydroxylation sites is 1. The van der Waals surface area contributed by atoms with E-state index in [2.05, 4.69) is 54.3 Å². The minimum atomic E-state index is -0.121. The molecule has 0 spiro atoms. The topological polar surface area (TPSA) is 105 Å². The van der Waals surface area contributed by atoms with Gasteiger partial charge in [-0.3, -0.25) is 9.69 Å². The molecule has 0 unspecified atom stereocenters. The van der Waals surface area contributed by atoms with Crippen molar-refractivity contribution in [2.75, 3.05) is 56.7 Å². The molecule has 2 fully saturated rings. The van der Waals surface area contributed by atoms with Gasteiger partial charge in [-0.2, -0.15) is 0 Å². The van der Waals surface area contributed by atoms with Crippen molar-refractivity contribution in [2.45, 2.75) is 31.8 Å². The number of ether oxygens (including phenoxy) is 3. The fraction of sp³-hybridized carbons (Fsp3) is 0.364. The number of aromatic amines is 1. The van der Waals surface area contributed by atoms with Crippen molar-refractivity contribution in [2.24, 2.45) is 0 Å². The van der Waals surface area contributed by atoms with Crippen LogP contribution in [0.15, 0.2) is 65.7 Å². The summed E-state index contributed by atoms with van der Waals surface area (Å²) in [7, 11) is 1.58. The number of piperidine rings is 1. The molecule has 7 rings (SSSR count). The number of H-pyrrole nitrogens is 1. The molecule has 0 saturated carbocycles. The molecule has 10 nitrogen and oxygen atoms in total. The lowest BCUT2D eigenvalue weighted by Crippen LogP contribution is -2.38. The SMILES string of the molecule is COc1ncc(CN2CCC(Nc3ccc4c(c3)Cc3cccc(-c5cc(N6CCOCC6)cc(=O)[nH]5)c3O4)CC2)cn1. The lowest BCUT2D eigenvalue weighted by Gasteiger charge is -2.33. The largest absolute Gasteiger partial charge is 0.467 e. The van der Waals surface area contributed by atoms with Gasteiger partial charge in [-0.1, -0.05) is 12.1 Å². The van der Waals surface area contributed by atoms with E-state index >= 15 is 0 Å². The standard InChI is InChI=1S/C33H36N6O4/c1-41-33-34-19-22(20-35-33)21-38-9-7-25(8-10-38)36-26-5-6-30-24(16-26)15-23-3-2-4-28(32(23)43-30)29-17-27(18-31(40)37-29)39-11-13-42-14-12-39/h2-6,16-20,25,36H,7-15,21H2,1H3,(H,37,40). The third kappa shape index (κ3) is 6.07. The lowest BCUT2D eigenvalue weighted by atomic mass is 9.95. The summed E-state index contributed by atoms with van der Waals surface area (Å²) >= 11 is 0. The number of aromatic nitrogens is 3. The molecule has 5 heterocycles. The highest BCUT2D eigenvalue weighted by Crippen LogP contribution is 2.43. The zero-order chi connectivity index (χ0) is 29.2. The van der Waals surface area contributed by atoms with Crippen LogP contribution >= 0.6 is 0 Å². The Morgan fingerprint density at radius 1 is 1.00 bits per heavy atom. The highest BCUT2D eigenvalue weighted by atomic mass is 16.5. The number of nitrogens with one attached hydrogen (secondary N) is 2. The molecule has 222 valence electrons. The molecule has 10 heteroatoms. The van der Waals surface area contributed by atoms with E-state index in [-0.39, 0.29) is 5.56 Å². The molecule has 2 saturated heterocycles. The van der Waals surface area contributed by atoms with Gasteiger partial charge in [-0.05, 0) is 48.7 Å². The number of nitrogens with zero attached hydrogens (tertiary/aromatic N) is 4. The van der Waals surface area contributed by atoms with E-state index < -0.39 is 0 Å². The molecular weight excluding hydrogens is 544 g/mol. The van der Waals surface area contributed by atoms with E-state index in [1.165, 1.54) is 0 Å². The van der Waals surface area contributed by atoms with Crippen LogP contribution in [0.4, 0.5) is 11.4 Å². The van der Waals surface area contributed by atoms with Crippen LogP contribution in [-0.4, -0.2) is 72.4 Å². The van der Waals surface area contributed by atoms with Gasteiger partial charge in [0.15, 0.2) is 0 Å². The van der Waals surface area contributed by atoms with E-state index in [0.717, 1.165) is 103 Å². The second kappa shape index (κ2) is 12.1. The maximum absolute atomic E-state index is 12.6. The number of morpholine rings is 1. The summed E-state index contributed by atoms with van der Waals surface area (Å²) in [6.45, 7) is 5.76. The number of anilines is 2. The second-order valence-electron chi connectivity index (χ2n) is 11.4. The summed E-state index contributed by atoms with van der Waals surface area (Å²) in [5.41, 5.74) is 6.92. The van der Waals surface area contributed by atoms with E-state index in [9.17, 15) is 4.79 Å². The zero-order valence-corrected chi connectivity index (χ0v) is 24.3. The van der Waals surface area contributed by atoms with Gasteiger partial charge in [0.25, 0.3) is 0 Å². The zero-order valence-electron chi connectivity index (χ0n) is 24.3. The quantitative estimate of drug-likeness (QED) is 0.289. The van der Waals surface area contributed by atoms with Gasteiger partial charge in [0.2, 0.25) is 5.56 Å². The van der Waals surface area contributed by atoms with Gasteiger partial charge in [0.05, 0.1) is 26.0 Å². The molecule has 2 aromatic heterocycles. The van der Waals surface area contributed by atoms with Crippen molar-refractivity contribution < 1.29 is 14.2 Å². The van der Waals surface area contributed by atoms with Crippen molar-refractivity contribution in [3.63, 3.8) is 0 Å². The summed E-state index contributed by atoms with van der Waals surface area (Å²) in [4.78, 5) is 28.8. The molecule has 0 amide bonds. The average molecular weight is 581 g/mol. The molecule has 2 aromatic carbocycles. The Labute approximate surface area is 250 Å². The minimum absolute atomic E-state index is 0.121. The third-order valence-corrected chi connectivity index (χ3v) is 8.47. The number of likely N-dealkylation sites (tertiary alicyclic amines) is 1. The fourth-order valence-electron chi connectivity index (χ4n) is 6.22. The molecule has 0 aliphatic carbocycles. The van der Waals surface area contributed by atoms with Crippen molar-refractivity contribution in [1.82, 2.24) is 19.9 Å². The number of methoxy groups -OCH3 is 1.